The Kier molecular flexibility index (Phi) is 5.47. The number of hydrogen-bond acceptors (Lipinski definition) is 6. The Hall–Kier alpha value is -1.02. The van der Waals surface area contributed by atoms with Gasteiger partial charge in [0.1, 0.15) is 6.61 Å². The van der Waals surface area contributed by atoms with Crippen LogP contribution in [0.5, 0.6) is 0 Å². The number of ether oxygens (including phenoxy) is 2. The van der Waals surface area contributed by atoms with Gasteiger partial charge in [-0.25, -0.2) is 4.98 Å². The molecule has 1 fully saturated rings. The lowest BCUT2D eigenvalue weighted by Crippen LogP contribution is -2.44. The molecule has 0 spiro atoms. The van der Waals surface area contributed by atoms with Gasteiger partial charge in [0.25, 0.3) is 5.91 Å². The van der Waals surface area contributed by atoms with Gasteiger partial charge in [-0.1, -0.05) is 0 Å². The molecule has 1 aromatic rings. The van der Waals surface area contributed by atoms with E-state index in [0.717, 1.165) is 25.3 Å². The fourth-order valence-electron chi connectivity index (χ4n) is 2.37. The van der Waals surface area contributed by atoms with Crippen LogP contribution in [-0.2, 0) is 20.8 Å². The van der Waals surface area contributed by atoms with Gasteiger partial charge in [-0.05, 0) is 13.8 Å². The lowest BCUT2D eigenvalue weighted by Gasteiger charge is -2.34. The second kappa shape index (κ2) is 7.12. The van der Waals surface area contributed by atoms with Crippen molar-refractivity contribution in [1.82, 2.24) is 9.88 Å². The van der Waals surface area contributed by atoms with Gasteiger partial charge < -0.3 is 9.47 Å². The molecule has 7 heteroatoms. The van der Waals surface area contributed by atoms with Gasteiger partial charge in [0.05, 0.1) is 17.9 Å². The largest absolute Gasteiger partial charge is 0.375 e. The second-order valence-electron chi connectivity index (χ2n) is 5.08. The Balaban J connectivity index is 1.87. The molecule has 2 rings (SSSR count). The molecule has 1 aromatic heterocycles. The smallest absolute Gasteiger partial charge is 0.252 e. The van der Waals surface area contributed by atoms with E-state index in [1.165, 1.54) is 18.4 Å². The van der Waals surface area contributed by atoms with Crippen LogP contribution in [0, 0.1) is 0 Å². The lowest BCUT2D eigenvalue weighted by molar-refractivity contribution is -0.119. The van der Waals surface area contributed by atoms with Crippen molar-refractivity contribution in [2.24, 2.45) is 0 Å². The van der Waals surface area contributed by atoms with Gasteiger partial charge in [-0.15, -0.1) is 11.3 Å². The third kappa shape index (κ3) is 4.52. The average Bonchev–Trinajstić information content (AvgIpc) is 2.75. The van der Waals surface area contributed by atoms with E-state index in [4.69, 9.17) is 9.47 Å². The van der Waals surface area contributed by atoms with Gasteiger partial charge in [0.15, 0.2) is 5.13 Å². The summed E-state index contributed by atoms with van der Waals surface area (Å²) in [6.07, 6.45) is 0.497. The summed E-state index contributed by atoms with van der Waals surface area (Å²) < 4.78 is 10.5. The van der Waals surface area contributed by atoms with E-state index in [2.05, 4.69) is 29.0 Å². The van der Waals surface area contributed by atoms with Crippen LogP contribution in [0.15, 0.2) is 5.38 Å². The number of methoxy groups -OCH3 is 1. The Morgan fingerprint density at radius 1 is 1.55 bits per heavy atom. The minimum Gasteiger partial charge on any atom is -0.375 e. The zero-order valence-corrected chi connectivity index (χ0v) is 12.9. The Morgan fingerprint density at radius 2 is 2.25 bits per heavy atom. The first-order chi connectivity index (χ1) is 9.56. The summed E-state index contributed by atoms with van der Waals surface area (Å²) >= 11 is 1.44. The normalized spacial score (nSPS) is 23.8. The Bertz CT molecular complexity index is 442. The van der Waals surface area contributed by atoms with Crippen LogP contribution in [0.2, 0.25) is 0 Å². The number of carbonyl (C=O) groups is 1. The zero-order chi connectivity index (χ0) is 14.5. The number of nitrogens with zero attached hydrogens (tertiary/aromatic N) is 2. The molecule has 1 aliphatic rings. The highest BCUT2D eigenvalue weighted by Crippen LogP contribution is 2.19. The summed E-state index contributed by atoms with van der Waals surface area (Å²) in [5, 5.41) is 5.32. The lowest BCUT2D eigenvalue weighted by atomic mass is 10.2. The molecule has 112 valence electrons. The number of carbonyl (C=O) groups excluding carboxylic acids is 1. The van der Waals surface area contributed by atoms with E-state index in [1.807, 2.05) is 5.38 Å². The van der Waals surface area contributed by atoms with E-state index in [9.17, 15) is 4.79 Å². The first-order valence-electron chi connectivity index (χ1n) is 6.68. The summed E-state index contributed by atoms with van der Waals surface area (Å²) in [7, 11) is 1.49. The van der Waals surface area contributed by atoms with E-state index in [-0.39, 0.29) is 24.7 Å². The summed E-state index contributed by atoms with van der Waals surface area (Å²) in [6.45, 7) is 6.82. The van der Waals surface area contributed by atoms with Crippen molar-refractivity contribution in [3.63, 3.8) is 0 Å². The van der Waals surface area contributed by atoms with Gasteiger partial charge in [-0.2, -0.15) is 0 Å². The van der Waals surface area contributed by atoms with Gasteiger partial charge >= 0.3 is 0 Å². The molecule has 6 nitrogen and oxygen atoms in total. The summed E-state index contributed by atoms with van der Waals surface area (Å²) in [5.74, 6) is -0.179. The molecule has 2 unspecified atom stereocenters. The van der Waals surface area contributed by atoms with E-state index >= 15 is 0 Å². The van der Waals surface area contributed by atoms with Crippen molar-refractivity contribution in [3.8, 4) is 0 Å². The predicted molar refractivity (Wildman–Crippen MR) is 77.9 cm³/mol. The fraction of sp³-hybridized carbons (Fsp3) is 0.692. The summed E-state index contributed by atoms with van der Waals surface area (Å²) in [4.78, 5) is 18.2. The number of amides is 1. The van der Waals surface area contributed by atoms with Crippen molar-refractivity contribution in [3.05, 3.63) is 11.1 Å². The maximum atomic E-state index is 11.4. The van der Waals surface area contributed by atoms with Crippen LogP contribution >= 0.6 is 11.3 Å². The Labute approximate surface area is 123 Å². The van der Waals surface area contributed by atoms with Gasteiger partial charge in [-0.3, -0.25) is 15.0 Å². The predicted octanol–water partition coefficient (Wildman–Crippen LogP) is 1.34. The van der Waals surface area contributed by atoms with Crippen molar-refractivity contribution >= 4 is 22.4 Å². The Morgan fingerprint density at radius 3 is 2.90 bits per heavy atom. The number of aromatic nitrogens is 1. The van der Waals surface area contributed by atoms with Crippen molar-refractivity contribution in [2.75, 3.05) is 32.1 Å². The number of hydrogen-bond donors (Lipinski definition) is 1. The number of nitrogens with one attached hydrogen (secondary N) is 1. The third-order valence-corrected chi connectivity index (χ3v) is 3.76. The van der Waals surface area contributed by atoms with Crippen molar-refractivity contribution < 1.29 is 14.3 Å². The number of rotatable bonds is 5. The average molecular weight is 299 g/mol. The molecule has 0 bridgehead atoms. The minimum absolute atomic E-state index is 0.0490. The molecule has 0 radical (unpaired) electrons. The van der Waals surface area contributed by atoms with Gasteiger partial charge in [0.2, 0.25) is 0 Å². The molecular formula is C13H21N3O3S. The summed E-state index contributed by atoms with van der Waals surface area (Å²) in [5.41, 5.74) is 0.976. The highest BCUT2D eigenvalue weighted by atomic mass is 32.1. The highest BCUT2D eigenvalue weighted by Gasteiger charge is 2.22. The molecule has 0 aromatic carbocycles. The van der Waals surface area contributed by atoms with Crippen LogP contribution in [0.25, 0.3) is 0 Å². The SMILES string of the molecule is COCC(=O)Nc1nc(CN2CC(C)OC(C)C2)cs1. The van der Waals surface area contributed by atoms with E-state index in [1.54, 1.807) is 0 Å². The second-order valence-corrected chi connectivity index (χ2v) is 5.93. The number of morpholine rings is 1. The molecular weight excluding hydrogens is 278 g/mol. The van der Waals surface area contributed by atoms with Gasteiger partial charge in [0, 0.05) is 32.1 Å². The molecule has 1 amide bonds. The molecule has 0 saturated carbocycles. The molecule has 2 heterocycles. The maximum absolute atomic E-state index is 11.4. The van der Waals surface area contributed by atoms with Crippen LogP contribution in [-0.4, -0.2) is 54.8 Å². The number of thiazole rings is 1. The molecule has 1 saturated heterocycles. The third-order valence-electron chi connectivity index (χ3n) is 2.95. The molecule has 20 heavy (non-hydrogen) atoms. The van der Waals surface area contributed by atoms with Crippen LogP contribution in [0.1, 0.15) is 19.5 Å². The maximum Gasteiger partial charge on any atom is 0.252 e. The quantitative estimate of drug-likeness (QED) is 0.889. The van der Waals surface area contributed by atoms with Crippen molar-refractivity contribution in [1.29, 1.82) is 0 Å². The minimum atomic E-state index is -0.179. The van der Waals surface area contributed by atoms with Crippen LogP contribution in [0.3, 0.4) is 0 Å². The molecule has 1 aliphatic heterocycles. The van der Waals surface area contributed by atoms with E-state index in [0.29, 0.717) is 5.13 Å². The first kappa shape index (κ1) is 15.4. The zero-order valence-electron chi connectivity index (χ0n) is 12.1. The van der Waals surface area contributed by atoms with Crippen LogP contribution in [0.4, 0.5) is 5.13 Å². The summed E-state index contributed by atoms with van der Waals surface area (Å²) in [6, 6.07) is 0. The van der Waals surface area contributed by atoms with Crippen LogP contribution < -0.4 is 5.32 Å². The standard InChI is InChI=1S/C13H21N3O3S/c1-9-4-16(5-10(2)19-9)6-11-8-20-13(14-11)15-12(17)7-18-3/h8-10H,4-7H2,1-3H3,(H,14,15,17). The highest BCUT2D eigenvalue weighted by molar-refractivity contribution is 7.13. The monoisotopic (exact) mass is 299 g/mol. The number of anilines is 1. The molecule has 0 aliphatic carbocycles. The van der Waals surface area contributed by atoms with E-state index < -0.39 is 0 Å². The van der Waals surface area contributed by atoms with Crippen molar-refractivity contribution in [2.45, 2.75) is 32.6 Å². The first-order valence-corrected chi connectivity index (χ1v) is 7.55. The topological polar surface area (TPSA) is 63.7 Å². The fourth-order valence-corrected chi connectivity index (χ4v) is 3.08. The molecule has 1 N–H and O–H groups in total. The molecule has 2 atom stereocenters.